The molecule has 1 rings (SSSR count). The Bertz CT molecular complexity index is 688. The first kappa shape index (κ1) is 27.0. The van der Waals surface area contributed by atoms with Crippen molar-refractivity contribution in [2.24, 2.45) is 0 Å². The number of thiophene rings is 1. The van der Waals surface area contributed by atoms with E-state index in [1.54, 1.807) is 12.1 Å². The summed E-state index contributed by atoms with van der Waals surface area (Å²) in [6.07, 6.45) is 19.5. The number of allylic oxidation sites excluding steroid dienone is 3. The van der Waals surface area contributed by atoms with Crippen LogP contribution in [-0.2, 0) is 4.74 Å². The molecule has 1 aromatic rings. The maximum atomic E-state index is 12.0. The third-order valence-electron chi connectivity index (χ3n) is 5.16. The van der Waals surface area contributed by atoms with Crippen molar-refractivity contribution in [2.75, 3.05) is 13.2 Å². The molecule has 0 saturated carbocycles. The van der Waals surface area contributed by atoms with Gasteiger partial charge in [-0.3, -0.25) is 4.79 Å². The molecule has 0 aromatic carbocycles. The van der Waals surface area contributed by atoms with Crippen LogP contribution in [0.25, 0.3) is 0 Å². The van der Waals surface area contributed by atoms with Crippen molar-refractivity contribution < 1.29 is 9.53 Å². The van der Waals surface area contributed by atoms with Crippen molar-refractivity contribution in [1.82, 2.24) is 5.32 Å². The van der Waals surface area contributed by atoms with Gasteiger partial charge in [0, 0.05) is 13.0 Å². The van der Waals surface area contributed by atoms with Crippen molar-refractivity contribution in [3.63, 3.8) is 0 Å². The number of ether oxygens (including phenoxy) is 1. The molecule has 4 nitrogen and oxygen atoms in total. The molecule has 0 unspecified atom stereocenters. The summed E-state index contributed by atoms with van der Waals surface area (Å²) in [4.78, 5) is 13.2. The Balaban J connectivity index is 1.87. The smallest absolute Gasteiger partial charge is 0.261 e. The van der Waals surface area contributed by atoms with E-state index in [4.69, 9.17) is 10.00 Å². The van der Waals surface area contributed by atoms with Crippen molar-refractivity contribution in [1.29, 1.82) is 5.26 Å². The van der Waals surface area contributed by atoms with E-state index in [2.05, 4.69) is 24.9 Å². The Kier molecular flexibility index (Phi) is 16.3. The summed E-state index contributed by atoms with van der Waals surface area (Å²) in [6.45, 7) is 7.50. The highest BCUT2D eigenvalue weighted by Gasteiger charge is 2.08. The summed E-state index contributed by atoms with van der Waals surface area (Å²) in [6, 6.07) is 5.47. The normalized spacial score (nSPS) is 11.2. The Morgan fingerprint density at radius 2 is 1.71 bits per heavy atom. The minimum atomic E-state index is -0.0641. The Hall–Kier alpha value is -2.06. The maximum Gasteiger partial charge on any atom is 0.261 e. The number of carbonyl (C=O) groups is 1. The molecule has 0 spiro atoms. The standard InChI is InChI=1S/C26H40N2O2S/c1-3-5-17-23(16-4-2)30-21-15-13-11-9-7-6-8-10-12-14-20-28-26(29)25-19-18-24(22-27)31-25/h4,16,18-19H,2-3,5-15,17,20-21H2,1H3,(H,28,29)/b23-16+. The minimum absolute atomic E-state index is 0.0641. The van der Waals surface area contributed by atoms with E-state index in [0.717, 1.165) is 38.0 Å². The molecular weight excluding hydrogens is 404 g/mol. The maximum absolute atomic E-state index is 12.0. The summed E-state index contributed by atoms with van der Waals surface area (Å²) in [5, 5.41) is 11.7. The Morgan fingerprint density at radius 3 is 2.29 bits per heavy atom. The minimum Gasteiger partial charge on any atom is -0.498 e. The lowest BCUT2D eigenvalue weighted by molar-refractivity contribution is 0.0957. The zero-order valence-electron chi connectivity index (χ0n) is 19.3. The zero-order chi connectivity index (χ0) is 22.6. The van der Waals surface area contributed by atoms with Gasteiger partial charge in [-0.15, -0.1) is 11.3 Å². The second-order valence-corrected chi connectivity index (χ2v) is 8.97. The number of rotatable bonds is 19. The van der Waals surface area contributed by atoms with Crippen molar-refractivity contribution in [3.8, 4) is 6.07 Å². The molecule has 0 bridgehead atoms. The zero-order valence-corrected chi connectivity index (χ0v) is 20.1. The molecule has 0 atom stereocenters. The van der Waals surface area contributed by atoms with Crippen LogP contribution in [-0.4, -0.2) is 19.1 Å². The molecule has 0 aliphatic rings. The molecule has 0 aliphatic carbocycles. The average Bonchev–Trinajstić information content (AvgIpc) is 3.27. The van der Waals surface area contributed by atoms with Gasteiger partial charge in [0.1, 0.15) is 10.9 Å². The first-order valence-electron chi connectivity index (χ1n) is 11.9. The van der Waals surface area contributed by atoms with Gasteiger partial charge in [-0.2, -0.15) is 5.26 Å². The highest BCUT2D eigenvalue weighted by molar-refractivity contribution is 7.14. The molecule has 1 amide bonds. The number of hydrogen-bond acceptors (Lipinski definition) is 4. The molecule has 0 saturated heterocycles. The van der Waals surface area contributed by atoms with Gasteiger partial charge in [0.15, 0.2) is 0 Å². The number of nitrogens with zero attached hydrogens (tertiary/aromatic N) is 1. The SMILES string of the molecule is C=C/C=C(\CCCC)OCCCCCCCCCCCCNC(=O)c1ccc(C#N)s1. The van der Waals surface area contributed by atoms with Crippen LogP contribution < -0.4 is 5.32 Å². The van der Waals surface area contributed by atoms with Gasteiger partial charge in [0.2, 0.25) is 0 Å². The van der Waals surface area contributed by atoms with Crippen LogP contribution >= 0.6 is 11.3 Å². The molecule has 5 heteroatoms. The fourth-order valence-corrected chi connectivity index (χ4v) is 4.06. The van der Waals surface area contributed by atoms with Crippen LogP contribution in [0, 0.1) is 11.3 Å². The van der Waals surface area contributed by atoms with Crippen LogP contribution in [0.5, 0.6) is 0 Å². The molecule has 0 radical (unpaired) electrons. The van der Waals surface area contributed by atoms with Crippen LogP contribution in [0.4, 0.5) is 0 Å². The van der Waals surface area contributed by atoms with Crippen LogP contribution in [0.15, 0.2) is 36.6 Å². The van der Waals surface area contributed by atoms with Gasteiger partial charge in [-0.25, -0.2) is 0 Å². The molecule has 1 N–H and O–H groups in total. The van der Waals surface area contributed by atoms with Crippen LogP contribution in [0.2, 0.25) is 0 Å². The number of nitrogens with one attached hydrogen (secondary N) is 1. The highest BCUT2D eigenvalue weighted by atomic mass is 32.1. The molecule has 31 heavy (non-hydrogen) atoms. The van der Waals surface area contributed by atoms with Crippen LogP contribution in [0.3, 0.4) is 0 Å². The number of hydrogen-bond donors (Lipinski definition) is 1. The molecule has 1 heterocycles. The molecule has 172 valence electrons. The van der Waals surface area contributed by atoms with E-state index in [1.807, 2.05) is 12.2 Å². The predicted octanol–water partition coefficient (Wildman–Crippen LogP) is 7.53. The summed E-state index contributed by atoms with van der Waals surface area (Å²) in [7, 11) is 0. The number of unbranched alkanes of at least 4 members (excludes halogenated alkanes) is 10. The quantitative estimate of drug-likeness (QED) is 0.136. The van der Waals surface area contributed by atoms with E-state index < -0.39 is 0 Å². The molecular formula is C26H40N2O2S. The fourth-order valence-electron chi connectivity index (χ4n) is 3.34. The van der Waals surface area contributed by atoms with E-state index in [-0.39, 0.29) is 5.91 Å². The Morgan fingerprint density at radius 1 is 1.06 bits per heavy atom. The summed E-state index contributed by atoms with van der Waals surface area (Å²) < 4.78 is 5.87. The highest BCUT2D eigenvalue weighted by Crippen LogP contribution is 2.15. The van der Waals surface area contributed by atoms with Crippen molar-refractivity contribution >= 4 is 17.2 Å². The van der Waals surface area contributed by atoms with E-state index in [9.17, 15) is 4.79 Å². The van der Waals surface area contributed by atoms with E-state index >= 15 is 0 Å². The number of carbonyl (C=O) groups excluding carboxylic acids is 1. The predicted molar refractivity (Wildman–Crippen MR) is 131 cm³/mol. The topological polar surface area (TPSA) is 62.1 Å². The lowest BCUT2D eigenvalue weighted by atomic mass is 10.1. The summed E-state index contributed by atoms with van der Waals surface area (Å²) in [5.41, 5.74) is 0. The summed E-state index contributed by atoms with van der Waals surface area (Å²) >= 11 is 1.25. The third-order valence-corrected chi connectivity index (χ3v) is 6.15. The van der Waals surface area contributed by atoms with E-state index in [0.29, 0.717) is 16.3 Å². The second-order valence-electron chi connectivity index (χ2n) is 7.89. The molecule has 1 aromatic heterocycles. The fraction of sp³-hybridized carbons (Fsp3) is 0.615. The van der Waals surface area contributed by atoms with Gasteiger partial charge in [-0.05, 0) is 37.5 Å². The van der Waals surface area contributed by atoms with Crippen LogP contribution in [0.1, 0.15) is 105 Å². The van der Waals surface area contributed by atoms with Gasteiger partial charge in [0.05, 0.1) is 17.2 Å². The average molecular weight is 445 g/mol. The lowest BCUT2D eigenvalue weighted by Crippen LogP contribution is -2.23. The van der Waals surface area contributed by atoms with Crippen molar-refractivity contribution in [2.45, 2.75) is 90.4 Å². The number of amides is 1. The Labute approximate surface area is 193 Å². The molecule has 0 fully saturated rings. The van der Waals surface area contributed by atoms with Gasteiger partial charge >= 0.3 is 0 Å². The first-order valence-corrected chi connectivity index (χ1v) is 12.8. The first-order chi connectivity index (χ1) is 15.2. The lowest BCUT2D eigenvalue weighted by Gasteiger charge is -2.09. The van der Waals surface area contributed by atoms with E-state index in [1.165, 1.54) is 69.1 Å². The van der Waals surface area contributed by atoms with Gasteiger partial charge in [-0.1, -0.05) is 77.4 Å². The van der Waals surface area contributed by atoms with Crippen molar-refractivity contribution in [3.05, 3.63) is 46.4 Å². The van der Waals surface area contributed by atoms with Gasteiger partial charge in [0.25, 0.3) is 5.91 Å². The third kappa shape index (κ3) is 13.8. The number of nitriles is 1. The second kappa shape index (κ2) is 18.7. The molecule has 0 aliphatic heterocycles. The largest absolute Gasteiger partial charge is 0.498 e. The summed E-state index contributed by atoms with van der Waals surface area (Å²) in [5.74, 6) is 1.02. The monoisotopic (exact) mass is 444 g/mol. The van der Waals surface area contributed by atoms with Gasteiger partial charge < -0.3 is 10.1 Å².